The molecule has 0 saturated carbocycles. The third kappa shape index (κ3) is 5.66. The molecule has 0 bridgehead atoms. The van der Waals surface area contributed by atoms with Gasteiger partial charge in [0.15, 0.2) is 0 Å². The lowest BCUT2D eigenvalue weighted by molar-refractivity contribution is 0.153. The van der Waals surface area contributed by atoms with Gasteiger partial charge >= 0.3 is 0 Å². The van der Waals surface area contributed by atoms with Crippen LogP contribution < -0.4 is 10.0 Å². The van der Waals surface area contributed by atoms with E-state index in [0.717, 1.165) is 0 Å². The Labute approximate surface area is 111 Å². The topological polar surface area (TPSA) is 71.3 Å². The van der Waals surface area contributed by atoms with Crippen molar-refractivity contribution in [1.29, 1.82) is 0 Å². The molecule has 19 heavy (non-hydrogen) atoms. The predicted molar refractivity (Wildman–Crippen MR) is 66.5 cm³/mol. The summed E-state index contributed by atoms with van der Waals surface area (Å²) < 4.78 is 54.0. The van der Waals surface area contributed by atoms with E-state index in [9.17, 15) is 17.2 Å². The van der Waals surface area contributed by atoms with Crippen LogP contribution in [0.1, 0.15) is 26.5 Å². The average Bonchev–Trinajstić information content (AvgIpc) is 2.72. The zero-order chi connectivity index (χ0) is 14.7. The van der Waals surface area contributed by atoms with Crippen molar-refractivity contribution in [3.05, 3.63) is 17.9 Å². The van der Waals surface area contributed by atoms with E-state index in [1.54, 1.807) is 4.72 Å². The summed E-state index contributed by atoms with van der Waals surface area (Å²) in [6.45, 7) is 5.29. The molecule has 0 radical (unpaired) electrons. The molecule has 0 fully saturated rings. The minimum Gasteiger partial charge on any atom is -0.447 e. The minimum atomic E-state index is -4.01. The molecule has 0 aliphatic rings. The second kappa shape index (κ2) is 5.98. The van der Waals surface area contributed by atoms with Gasteiger partial charge in [0.05, 0.1) is 13.1 Å². The van der Waals surface area contributed by atoms with E-state index < -0.39 is 23.0 Å². The van der Waals surface area contributed by atoms with E-state index in [2.05, 4.69) is 5.32 Å². The fourth-order valence-electron chi connectivity index (χ4n) is 1.19. The molecule has 0 aliphatic heterocycles. The smallest absolute Gasteiger partial charge is 0.274 e. The fourth-order valence-corrected chi connectivity index (χ4v) is 2.15. The monoisotopic (exact) mass is 296 g/mol. The van der Waals surface area contributed by atoms with Crippen LogP contribution in [0.3, 0.4) is 0 Å². The molecular formula is C11H18F2N2O3S. The standard InChI is InChI=1S/C11H18F2N2O3S/c1-11(2,3)14-6-8-4-5-10(18-8)19(16,17)15-7-9(12)13/h4-5,9,14-15H,6-7H2,1-3H3. The maximum atomic E-state index is 12.0. The zero-order valence-corrected chi connectivity index (χ0v) is 11.9. The Kier molecular flexibility index (Phi) is 5.05. The van der Waals surface area contributed by atoms with Gasteiger partial charge in [-0.1, -0.05) is 0 Å². The Morgan fingerprint density at radius 2 is 1.95 bits per heavy atom. The van der Waals surface area contributed by atoms with Crippen molar-refractivity contribution in [3.63, 3.8) is 0 Å². The third-order valence-electron chi connectivity index (χ3n) is 2.12. The van der Waals surface area contributed by atoms with Crippen LogP contribution in [0.2, 0.25) is 0 Å². The van der Waals surface area contributed by atoms with E-state index in [1.165, 1.54) is 12.1 Å². The fraction of sp³-hybridized carbons (Fsp3) is 0.636. The lowest BCUT2D eigenvalue weighted by Crippen LogP contribution is -2.34. The van der Waals surface area contributed by atoms with Crippen molar-refractivity contribution in [2.45, 2.75) is 44.4 Å². The van der Waals surface area contributed by atoms with Crippen LogP contribution in [0.25, 0.3) is 0 Å². The quantitative estimate of drug-likeness (QED) is 0.838. The van der Waals surface area contributed by atoms with Gasteiger partial charge in [0.1, 0.15) is 5.76 Å². The molecule has 0 atom stereocenters. The summed E-state index contributed by atoms with van der Waals surface area (Å²) in [6, 6.07) is 2.74. The van der Waals surface area contributed by atoms with E-state index in [-0.39, 0.29) is 10.6 Å². The van der Waals surface area contributed by atoms with Crippen LogP contribution in [0, 0.1) is 0 Å². The summed E-state index contributed by atoms with van der Waals surface area (Å²) in [7, 11) is -4.01. The van der Waals surface area contributed by atoms with Crippen LogP contribution in [-0.4, -0.2) is 26.9 Å². The summed E-state index contributed by atoms with van der Waals surface area (Å²) in [6.07, 6.45) is -2.74. The average molecular weight is 296 g/mol. The van der Waals surface area contributed by atoms with Gasteiger partial charge in [0.2, 0.25) is 5.09 Å². The number of alkyl halides is 2. The molecule has 0 unspecified atom stereocenters. The number of sulfonamides is 1. The molecule has 1 aromatic heterocycles. The first-order valence-electron chi connectivity index (χ1n) is 5.72. The Balaban J connectivity index is 2.68. The molecule has 1 heterocycles. The molecule has 2 N–H and O–H groups in total. The van der Waals surface area contributed by atoms with Gasteiger partial charge in [0.25, 0.3) is 16.4 Å². The summed E-state index contributed by atoms with van der Waals surface area (Å²) in [4.78, 5) is 0. The second-order valence-electron chi connectivity index (χ2n) is 5.07. The van der Waals surface area contributed by atoms with Gasteiger partial charge in [-0.2, -0.15) is 0 Å². The Morgan fingerprint density at radius 1 is 1.32 bits per heavy atom. The lowest BCUT2D eigenvalue weighted by Gasteiger charge is -2.19. The van der Waals surface area contributed by atoms with E-state index in [0.29, 0.717) is 12.3 Å². The minimum absolute atomic E-state index is 0.139. The van der Waals surface area contributed by atoms with Crippen LogP contribution in [0.5, 0.6) is 0 Å². The Morgan fingerprint density at radius 3 is 2.47 bits per heavy atom. The first kappa shape index (κ1) is 16.1. The van der Waals surface area contributed by atoms with Crippen LogP contribution >= 0.6 is 0 Å². The van der Waals surface area contributed by atoms with Crippen molar-refractivity contribution < 1.29 is 21.6 Å². The first-order chi connectivity index (χ1) is 8.60. The molecule has 110 valence electrons. The van der Waals surface area contributed by atoms with Gasteiger partial charge in [-0.05, 0) is 32.9 Å². The molecule has 0 aromatic carbocycles. The van der Waals surface area contributed by atoms with Gasteiger partial charge < -0.3 is 9.73 Å². The number of rotatable bonds is 6. The summed E-state index contributed by atoms with van der Waals surface area (Å²) in [5.41, 5.74) is -0.139. The predicted octanol–water partition coefficient (Wildman–Crippen LogP) is 1.71. The normalized spacial score (nSPS) is 13.2. The summed E-state index contributed by atoms with van der Waals surface area (Å²) in [5, 5.41) is 2.76. The third-order valence-corrected chi connectivity index (χ3v) is 3.42. The number of hydrogen-bond acceptors (Lipinski definition) is 4. The van der Waals surface area contributed by atoms with Gasteiger partial charge in [-0.15, -0.1) is 0 Å². The van der Waals surface area contributed by atoms with Crippen molar-refractivity contribution in [3.8, 4) is 0 Å². The van der Waals surface area contributed by atoms with E-state index in [4.69, 9.17) is 4.42 Å². The summed E-state index contributed by atoms with van der Waals surface area (Å²) >= 11 is 0. The number of halogens is 2. The zero-order valence-electron chi connectivity index (χ0n) is 11.0. The maximum absolute atomic E-state index is 12.0. The highest BCUT2D eigenvalue weighted by atomic mass is 32.2. The van der Waals surface area contributed by atoms with Gasteiger partial charge in [0, 0.05) is 5.54 Å². The molecule has 8 heteroatoms. The van der Waals surface area contributed by atoms with Crippen LogP contribution in [0.15, 0.2) is 21.6 Å². The van der Waals surface area contributed by atoms with Crippen molar-refractivity contribution in [2.24, 2.45) is 0 Å². The Bertz CT molecular complexity index is 506. The molecule has 1 aromatic rings. The maximum Gasteiger partial charge on any atom is 0.274 e. The first-order valence-corrected chi connectivity index (χ1v) is 7.20. The number of furan rings is 1. The second-order valence-corrected chi connectivity index (χ2v) is 6.77. The molecule has 0 saturated heterocycles. The van der Waals surface area contributed by atoms with Crippen molar-refractivity contribution in [2.75, 3.05) is 6.54 Å². The van der Waals surface area contributed by atoms with E-state index in [1.807, 2.05) is 20.8 Å². The molecular weight excluding hydrogens is 278 g/mol. The Hall–Kier alpha value is -0.990. The molecule has 1 rings (SSSR count). The van der Waals surface area contributed by atoms with E-state index >= 15 is 0 Å². The lowest BCUT2D eigenvalue weighted by atomic mass is 10.1. The van der Waals surface area contributed by atoms with Gasteiger partial charge in [-0.3, -0.25) is 0 Å². The summed E-state index contributed by atoms with van der Waals surface area (Å²) in [5.74, 6) is 0.423. The molecule has 0 spiro atoms. The number of nitrogens with one attached hydrogen (secondary N) is 2. The highest BCUT2D eigenvalue weighted by molar-refractivity contribution is 7.89. The van der Waals surface area contributed by atoms with Crippen LogP contribution in [0.4, 0.5) is 8.78 Å². The highest BCUT2D eigenvalue weighted by Crippen LogP contribution is 2.14. The van der Waals surface area contributed by atoms with Crippen molar-refractivity contribution in [1.82, 2.24) is 10.0 Å². The molecule has 0 aliphatic carbocycles. The SMILES string of the molecule is CC(C)(C)NCc1ccc(S(=O)(=O)NCC(F)F)o1. The molecule has 0 amide bonds. The highest BCUT2D eigenvalue weighted by Gasteiger charge is 2.20. The van der Waals surface area contributed by atoms with Crippen molar-refractivity contribution >= 4 is 10.0 Å². The number of hydrogen-bond donors (Lipinski definition) is 2. The van der Waals surface area contributed by atoms with Crippen LogP contribution in [-0.2, 0) is 16.6 Å². The van der Waals surface area contributed by atoms with Gasteiger partial charge in [-0.25, -0.2) is 21.9 Å². The molecule has 5 nitrogen and oxygen atoms in total. The largest absolute Gasteiger partial charge is 0.447 e.